The predicted octanol–water partition coefficient (Wildman–Crippen LogP) is 11.5. The Bertz CT molecular complexity index is 2920. The van der Waals surface area contributed by atoms with Crippen LogP contribution in [0.2, 0.25) is 0 Å². The largest absolute Gasteiger partial charge is 0.310 e. The molecule has 0 aliphatic heterocycles. The topological polar surface area (TPSA) is 61.8 Å². The molecule has 0 atom stereocenters. The number of hydrogen-bond acceptors (Lipinski definition) is 2. The maximum absolute atomic E-state index is 10.6. The van der Waals surface area contributed by atoms with E-state index < -0.39 is 0 Å². The highest BCUT2D eigenvalue weighted by Gasteiger charge is 2.22. The summed E-state index contributed by atoms with van der Waals surface area (Å²) in [6, 6.07) is 55.6. The molecule has 0 amide bonds. The molecule has 0 radical (unpaired) electrons. The highest BCUT2D eigenvalue weighted by molar-refractivity contribution is 6.11. The summed E-state index contributed by atoms with van der Waals surface area (Å²) in [5.41, 5.74) is 11.0. The third-order valence-electron chi connectivity index (χ3n) is 9.59. The Labute approximate surface area is 288 Å². The molecule has 2 heterocycles. The van der Waals surface area contributed by atoms with Gasteiger partial charge in [-0.05, 0) is 77.4 Å². The second-order valence-electron chi connectivity index (χ2n) is 12.3. The second kappa shape index (κ2) is 11.4. The summed E-state index contributed by atoms with van der Waals surface area (Å²) in [5, 5.41) is 24.6. The lowest BCUT2D eigenvalue weighted by molar-refractivity contribution is 1.18. The zero-order valence-corrected chi connectivity index (χ0v) is 26.7. The van der Waals surface area contributed by atoms with Crippen LogP contribution >= 0.6 is 0 Å². The molecule has 7 aromatic carbocycles. The summed E-state index contributed by atoms with van der Waals surface area (Å²) in [6.07, 6.45) is 0. The maximum atomic E-state index is 10.6. The van der Waals surface area contributed by atoms with E-state index in [0.29, 0.717) is 16.8 Å². The summed E-state index contributed by atoms with van der Waals surface area (Å²) < 4.78 is 4.43. The summed E-state index contributed by atoms with van der Waals surface area (Å²) >= 11 is 0. The van der Waals surface area contributed by atoms with Crippen LogP contribution in [0.3, 0.4) is 0 Å². The minimum Gasteiger partial charge on any atom is -0.310 e. The van der Waals surface area contributed by atoms with Gasteiger partial charge in [-0.15, -0.1) is 0 Å². The highest BCUT2D eigenvalue weighted by Crippen LogP contribution is 2.43. The van der Waals surface area contributed by atoms with Crippen LogP contribution in [-0.2, 0) is 0 Å². The van der Waals surface area contributed by atoms with Crippen molar-refractivity contribution >= 4 is 49.3 Å². The van der Waals surface area contributed by atoms with E-state index in [1.54, 1.807) is 6.07 Å². The Morgan fingerprint density at radius 1 is 0.500 bits per heavy atom. The van der Waals surface area contributed by atoms with Crippen molar-refractivity contribution in [3.05, 3.63) is 174 Å². The molecule has 0 fully saturated rings. The van der Waals surface area contributed by atoms with Crippen molar-refractivity contribution in [1.29, 1.82) is 10.5 Å². The normalized spacial score (nSPS) is 11.1. The molecular weight excluding hydrogens is 611 g/mol. The molecule has 0 aliphatic rings. The molecule has 9 rings (SSSR count). The Morgan fingerprint density at radius 3 is 1.76 bits per heavy atom. The maximum Gasteiger partial charge on any atom is 0.190 e. The Balaban J connectivity index is 1.31. The molecule has 0 aliphatic carbocycles. The van der Waals surface area contributed by atoms with E-state index >= 15 is 0 Å². The number of nitriles is 2. The van der Waals surface area contributed by atoms with E-state index in [0.717, 1.165) is 77.2 Å². The Hall–Kier alpha value is -7.39. The summed E-state index contributed by atoms with van der Waals surface area (Å²) in [7, 11) is 0. The van der Waals surface area contributed by atoms with Crippen molar-refractivity contribution in [2.75, 3.05) is 0 Å². The van der Waals surface area contributed by atoms with E-state index in [9.17, 15) is 10.5 Å². The minimum absolute atomic E-state index is 0.410. The van der Waals surface area contributed by atoms with E-state index in [4.69, 9.17) is 6.57 Å². The number of benzene rings is 7. The molecule has 0 unspecified atom stereocenters. The summed E-state index contributed by atoms with van der Waals surface area (Å²) in [4.78, 5) is 3.79. The first kappa shape index (κ1) is 28.8. The summed E-state index contributed by atoms with van der Waals surface area (Å²) in [5.74, 6) is 0. The summed E-state index contributed by atoms with van der Waals surface area (Å²) in [6.45, 7) is 7.93. The van der Waals surface area contributed by atoms with Crippen molar-refractivity contribution in [2.45, 2.75) is 0 Å². The van der Waals surface area contributed by atoms with Crippen LogP contribution in [0.4, 0.5) is 5.69 Å². The van der Waals surface area contributed by atoms with Gasteiger partial charge in [0.1, 0.15) is 0 Å². The van der Waals surface area contributed by atoms with Gasteiger partial charge in [0.15, 0.2) is 5.69 Å². The fourth-order valence-corrected chi connectivity index (χ4v) is 7.49. The van der Waals surface area contributed by atoms with Gasteiger partial charge in [0.05, 0.1) is 51.9 Å². The van der Waals surface area contributed by atoms with Gasteiger partial charge in [0.2, 0.25) is 0 Å². The SMILES string of the molecule is [C-]#[N+]c1cc(C#N)c(-c2ccccc2-c2cccc(-n3c4ccccc4c4cc(C#N)ccc43)c2)c(-n2c3ccccc3c3ccccc32)c1. The van der Waals surface area contributed by atoms with Gasteiger partial charge >= 0.3 is 0 Å². The second-order valence-corrected chi connectivity index (χ2v) is 12.3. The Kier molecular flexibility index (Phi) is 6.56. The van der Waals surface area contributed by atoms with Gasteiger partial charge in [-0.2, -0.15) is 10.5 Å². The van der Waals surface area contributed by atoms with E-state index in [1.165, 1.54) is 0 Å². The van der Waals surface area contributed by atoms with Gasteiger partial charge in [-0.1, -0.05) is 91.0 Å². The van der Waals surface area contributed by atoms with Crippen molar-refractivity contribution < 1.29 is 0 Å². The molecule has 230 valence electrons. The molecule has 5 nitrogen and oxygen atoms in total. The van der Waals surface area contributed by atoms with E-state index in [-0.39, 0.29) is 0 Å². The van der Waals surface area contributed by atoms with Gasteiger partial charge in [-0.25, -0.2) is 4.85 Å². The number of fused-ring (bicyclic) bond motifs is 6. The first-order valence-corrected chi connectivity index (χ1v) is 16.3. The molecule has 0 saturated heterocycles. The molecule has 0 saturated carbocycles. The van der Waals surface area contributed by atoms with Gasteiger partial charge in [-0.3, -0.25) is 0 Å². The number of nitrogens with zero attached hydrogens (tertiary/aromatic N) is 5. The number of aromatic nitrogens is 2. The van der Waals surface area contributed by atoms with Crippen LogP contribution in [-0.4, -0.2) is 9.13 Å². The lowest BCUT2D eigenvalue weighted by atomic mass is 9.90. The lowest BCUT2D eigenvalue weighted by Gasteiger charge is -2.19. The van der Waals surface area contributed by atoms with E-state index in [2.05, 4.69) is 98.9 Å². The Morgan fingerprint density at radius 2 is 1.10 bits per heavy atom. The third-order valence-corrected chi connectivity index (χ3v) is 9.59. The van der Waals surface area contributed by atoms with Crippen LogP contribution in [0.15, 0.2) is 152 Å². The third kappa shape index (κ3) is 4.31. The molecule has 0 spiro atoms. The van der Waals surface area contributed by atoms with E-state index in [1.807, 2.05) is 72.8 Å². The average molecular weight is 636 g/mol. The molecule has 0 N–H and O–H groups in total. The van der Waals surface area contributed by atoms with Crippen LogP contribution in [0.1, 0.15) is 11.1 Å². The molecule has 50 heavy (non-hydrogen) atoms. The van der Waals surface area contributed by atoms with Crippen LogP contribution in [0.5, 0.6) is 0 Å². The first-order valence-electron chi connectivity index (χ1n) is 16.3. The number of para-hydroxylation sites is 3. The van der Waals surface area contributed by atoms with Crippen LogP contribution in [0.25, 0.3) is 82.1 Å². The number of rotatable bonds is 4. The van der Waals surface area contributed by atoms with Gasteiger partial charge < -0.3 is 9.13 Å². The van der Waals surface area contributed by atoms with Crippen LogP contribution < -0.4 is 0 Å². The first-order chi connectivity index (χ1) is 24.7. The van der Waals surface area contributed by atoms with Crippen molar-refractivity contribution in [3.8, 4) is 45.8 Å². The number of hydrogen-bond donors (Lipinski definition) is 0. The van der Waals surface area contributed by atoms with Crippen LogP contribution in [0, 0.1) is 29.2 Å². The van der Waals surface area contributed by atoms with Crippen molar-refractivity contribution in [1.82, 2.24) is 9.13 Å². The highest BCUT2D eigenvalue weighted by atomic mass is 15.0. The quantitative estimate of drug-likeness (QED) is 0.181. The van der Waals surface area contributed by atoms with Gasteiger partial charge in [0.25, 0.3) is 0 Å². The predicted molar refractivity (Wildman–Crippen MR) is 202 cm³/mol. The smallest absolute Gasteiger partial charge is 0.190 e. The zero-order chi connectivity index (χ0) is 33.8. The minimum atomic E-state index is 0.410. The molecular formula is C45H25N5. The van der Waals surface area contributed by atoms with Gasteiger partial charge in [0, 0.05) is 38.5 Å². The van der Waals surface area contributed by atoms with Crippen molar-refractivity contribution in [2.24, 2.45) is 0 Å². The fourth-order valence-electron chi connectivity index (χ4n) is 7.49. The lowest BCUT2D eigenvalue weighted by Crippen LogP contribution is -2.01. The van der Waals surface area contributed by atoms with Crippen molar-refractivity contribution in [3.63, 3.8) is 0 Å². The molecule has 9 aromatic rings. The monoisotopic (exact) mass is 635 g/mol. The zero-order valence-electron chi connectivity index (χ0n) is 26.7. The molecule has 5 heteroatoms. The standard InChI is InChI=1S/C45H25N5/c1-48-32-24-31(28-47)45(44(26-32)50-41-19-8-4-14-35(41)36-15-5-9-20-42(36)50)38-17-3-2-13-34(38)30-11-10-12-33(25-30)49-40-18-7-6-16-37(40)39-23-29(27-46)21-22-43(39)49/h2-26H. The molecule has 2 aromatic heterocycles. The average Bonchev–Trinajstić information content (AvgIpc) is 3.70. The fraction of sp³-hybridized carbons (Fsp3) is 0. The molecule has 0 bridgehead atoms.